The van der Waals surface area contributed by atoms with E-state index in [0.717, 1.165) is 62.1 Å². The van der Waals surface area contributed by atoms with E-state index in [1.807, 2.05) is 12.3 Å². The van der Waals surface area contributed by atoms with E-state index in [2.05, 4.69) is 63.2 Å². The van der Waals surface area contributed by atoms with Crippen molar-refractivity contribution in [2.75, 3.05) is 49.5 Å². The molecule has 1 aromatic rings. The van der Waals surface area contributed by atoms with Gasteiger partial charge in [0.05, 0.1) is 29.4 Å². The van der Waals surface area contributed by atoms with Crippen LogP contribution in [0.4, 0.5) is 11.5 Å². The summed E-state index contributed by atoms with van der Waals surface area (Å²) in [6, 6.07) is 4.73. The first-order valence-electron chi connectivity index (χ1n) is 13.5. The first-order valence-corrected chi connectivity index (χ1v) is 13.5. The van der Waals surface area contributed by atoms with Gasteiger partial charge in [0.1, 0.15) is 17.4 Å². The molecule has 2 N–H and O–H groups in total. The first-order chi connectivity index (χ1) is 17.4. The van der Waals surface area contributed by atoms with Gasteiger partial charge in [-0.25, -0.2) is 9.98 Å². The molecule has 36 heavy (non-hydrogen) atoms. The summed E-state index contributed by atoms with van der Waals surface area (Å²) in [6.07, 6.45) is 9.81. The molecule has 192 valence electrons. The van der Waals surface area contributed by atoms with Crippen LogP contribution < -0.4 is 15.5 Å². The highest BCUT2D eigenvalue weighted by Gasteiger charge is 2.55. The molecule has 9 heteroatoms. The second kappa shape index (κ2) is 8.87. The highest BCUT2D eigenvalue weighted by Crippen LogP contribution is 2.46. The lowest BCUT2D eigenvalue weighted by molar-refractivity contribution is -0.122. The Morgan fingerprint density at radius 1 is 1.08 bits per heavy atom. The highest BCUT2D eigenvalue weighted by atomic mass is 16.2. The normalized spacial score (nSPS) is 27.8. The number of amidine groups is 1. The molecule has 1 aromatic heterocycles. The van der Waals surface area contributed by atoms with Crippen molar-refractivity contribution in [3.05, 3.63) is 30.1 Å². The summed E-state index contributed by atoms with van der Waals surface area (Å²) in [5.41, 5.74) is 1.47. The minimum atomic E-state index is -0.359. The second-order valence-electron chi connectivity index (χ2n) is 11.5. The lowest BCUT2D eigenvalue weighted by atomic mass is 9.78. The number of aromatic nitrogens is 1. The number of carbonyl (C=O) groups excluding carboxylic acids is 1. The molecule has 0 bridgehead atoms. The predicted octanol–water partition coefficient (Wildman–Crippen LogP) is 2.83. The molecule has 1 spiro atoms. The minimum absolute atomic E-state index is 0.00511. The highest BCUT2D eigenvalue weighted by molar-refractivity contribution is 6.13. The van der Waals surface area contributed by atoms with Crippen LogP contribution >= 0.6 is 0 Å². The van der Waals surface area contributed by atoms with E-state index >= 15 is 0 Å². The molecule has 1 aliphatic carbocycles. The van der Waals surface area contributed by atoms with Gasteiger partial charge in [-0.05, 0) is 51.8 Å². The summed E-state index contributed by atoms with van der Waals surface area (Å²) >= 11 is 0. The number of carbonyl (C=O) groups is 1. The maximum absolute atomic E-state index is 12.8. The van der Waals surface area contributed by atoms with Crippen LogP contribution in [0.2, 0.25) is 0 Å². The summed E-state index contributed by atoms with van der Waals surface area (Å²) < 4.78 is 0. The van der Waals surface area contributed by atoms with Crippen LogP contribution in [0.1, 0.15) is 52.9 Å². The van der Waals surface area contributed by atoms with Gasteiger partial charge in [-0.2, -0.15) is 4.99 Å². The minimum Gasteiger partial charge on any atom is -0.368 e. The predicted molar refractivity (Wildman–Crippen MR) is 143 cm³/mol. The summed E-state index contributed by atoms with van der Waals surface area (Å²) in [4.78, 5) is 34.5. The Morgan fingerprint density at radius 3 is 2.56 bits per heavy atom. The van der Waals surface area contributed by atoms with Gasteiger partial charge < -0.3 is 20.4 Å². The number of hydrogen-bond donors (Lipinski definition) is 2. The van der Waals surface area contributed by atoms with E-state index in [-0.39, 0.29) is 16.9 Å². The summed E-state index contributed by atoms with van der Waals surface area (Å²) in [5.74, 6) is 2.26. The summed E-state index contributed by atoms with van der Waals surface area (Å²) in [6.45, 7) is 12.1. The third kappa shape index (κ3) is 3.97. The Morgan fingerprint density at radius 2 is 1.86 bits per heavy atom. The van der Waals surface area contributed by atoms with Gasteiger partial charge in [-0.3, -0.25) is 9.69 Å². The molecule has 2 saturated heterocycles. The molecule has 1 amide bonds. The van der Waals surface area contributed by atoms with Gasteiger partial charge in [0, 0.05) is 38.8 Å². The molecule has 6 rings (SSSR count). The topological polar surface area (TPSA) is 88.5 Å². The van der Waals surface area contributed by atoms with E-state index in [0.29, 0.717) is 25.1 Å². The van der Waals surface area contributed by atoms with Crippen molar-refractivity contribution in [1.82, 2.24) is 20.1 Å². The third-order valence-corrected chi connectivity index (χ3v) is 8.65. The Hall–Kier alpha value is -2.94. The number of nitrogens with zero attached hydrogens (tertiary/aromatic N) is 6. The maximum Gasteiger partial charge on any atom is 0.267 e. The fourth-order valence-electron chi connectivity index (χ4n) is 6.47. The molecule has 9 nitrogen and oxygen atoms in total. The number of amides is 1. The van der Waals surface area contributed by atoms with Crippen LogP contribution in [0.15, 0.2) is 40.1 Å². The van der Waals surface area contributed by atoms with Gasteiger partial charge in [0.15, 0.2) is 0 Å². The smallest absolute Gasteiger partial charge is 0.267 e. The third-order valence-electron chi connectivity index (χ3n) is 8.65. The Kier molecular flexibility index (Phi) is 5.78. The van der Waals surface area contributed by atoms with Crippen molar-refractivity contribution >= 4 is 29.2 Å². The van der Waals surface area contributed by atoms with Crippen molar-refractivity contribution in [2.45, 2.75) is 64.5 Å². The Balaban J connectivity index is 1.19. The lowest BCUT2D eigenvalue weighted by Crippen LogP contribution is -2.64. The molecule has 4 aliphatic heterocycles. The van der Waals surface area contributed by atoms with Crippen LogP contribution in [0.3, 0.4) is 0 Å². The largest absolute Gasteiger partial charge is 0.368 e. The fraction of sp³-hybridized carbons (Fsp3) is 0.630. The Labute approximate surface area is 213 Å². The summed E-state index contributed by atoms with van der Waals surface area (Å²) in [5, 5.41) is 6.49. The molecular weight excluding hydrogens is 452 g/mol. The fourth-order valence-corrected chi connectivity index (χ4v) is 6.47. The molecule has 1 unspecified atom stereocenters. The number of aliphatic imine (C=N–C) groups is 2. The van der Waals surface area contributed by atoms with Crippen molar-refractivity contribution in [2.24, 2.45) is 15.4 Å². The number of guanidine groups is 1. The van der Waals surface area contributed by atoms with Crippen molar-refractivity contribution < 1.29 is 4.79 Å². The van der Waals surface area contributed by atoms with E-state index in [1.54, 1.807) is 0 Å². The molecule has 5 heterocycles. The maximum atomic E-state index is 12.8. The van der Waals surface area contributed by atoms with Gasteiger partial charge in [-0.15, -0.1) is 0 Å². The van der Waals surface area contributed by atoms with E-state index in [9.17, 15) is 4.79 Å². The molecule has 3 fully saturated rings. The molecule has 5 aliphatic rings. The SMILES string of the molecule is CC(C)N1CCN(c2ccc(NC3=NCC4(C)C=C5C(=O)NCC6(CCCCC6)N5C4=N3)nc2)CC1. The van der Waals surface area contributed by atoms with Crippen molar-refractivity contribution in [1.29, 1.82) is 0 Å². The van der Waals surface area contributed by atoms with Crippen molar-refractivity contribution in [3.8, 4) is 0 Å². The van der Waals surface area contributed by atoms with Gasteiger partial charge in [-0.1, -0.05) is 19.3 Å². The van der Waals surface area contributed by atoms with Gasteiger partial charge in [0.25, 0.3) is 5.91 Å². The number of pyridine rings is 1. The number of nitrogens with one attached hydrogen (secondary N) is 2. The lowest BCUT2D eigenvalue weighted by Gasteiger charge is -2.50. The molecule has 1 atom stereocenters. The quantitative estimate of drug-likeness (QED) is 0.678. The van der Waals surface area contributed by atoms with Crippen LogP contribution in [-0.4, -0.2) is 83.3 Å². The molecule has 0 radical (unpaired) electrons. The zero-order valence-electron chi connectivity index (χ0n) is 21.8. The number of anilines is 2. The van der Waals surface area contributed by atoms with E-state index in [4.69, 9.17) is 9.98 Å². The van der Waals surface area contributed by atoms with E-state index in [1.165, 1.54) is 19.3 Å². The van der Waals surface area contributed by atoms with Crippen LogP contribution in [0, 0.1) is 5.41 Å². The average Bonchev–Trinajstić information content (AvgIpc) is 3.22. The molecular formula is C27H38N8O. The number of piperazine rings is 2. The van der Waals surface area contributed by atoms with Crippen LogP contribution in [0.5, 0.6) is 0 Å². The van der Waals surface area contributed by atoms with E-state index < -0.39 is 0 Å². The first kappa shape index (κ1) is 23.5. The Bertz CT molecular complexity index is 1110. The molecule has 0 aromatic carbocycles. The van der Waals surface area contributed by atoms with Gasteiger partial charge >= 0.3 is 0 Å². The number of hydrogen-bond acceptors (Lipinski definition) is 8. The summed E-state index contributed by atoms with van der Waals surface area (Å²) in [7, 11) is 0. The zero-order chi connectivity index (χ0) is 24.9. The monoisotopic (exact) mass is 490 g/mol. The second-order valence-corrected chi connectivity index (χ2v) is 11.5. The molecule has 1 saturated carbocycles. The number of rotatable bonds is 3. The number of fused-ring (bicyclic) bond motifs is 4. The standard InChI is InChI=1S/C27H38N8O/c1-19(2)33-11-13-34(14-12-33)20-7-8-22(28-16-20)31-25-30-17-26(3)15-21-23(36)29-18-27(9-5-4-6-10-27)35(21)24(26)32-25/h7-8,15-16,19H,4-6,9-14,17-18H2,1-3H3,(H,29,36)(H,28,30,31). The van der Waals surface area contributed by atoms with Crippen molar-refractivity contribution in [3.63, 3.8) is 0 Å². The van der Waals surface area contributed by atoms with Crippen LogP contribution in [0.25, 0.3) is 0 Å². The average molecular weight is 491 g/mol. The van der Waals surface area contributed by atoms with Crippen LogP contribution in [-0.2, 0) is 4.79 Å². The van der Waals surface area contributed by atoms with Gasteiger partial charge in [0.2, 0.25) is 5.96 Å². The zero-order valence-corrected chi connectivity index (χ0v) is 21.8.